The van der Waals surface area contributed by atoms with Crippen molar-refractivity contribution in [1.29, 1.82) is 0 Å². The molecular weight excluding hydrogens is 585 g/mol. The molecular formula is C12H11I3N2O2. The van der Waals surface area contributed by atoms with Crippen molar-refractivity contribution in [2.45, 2.75) is 18.9 Å². The maximum atomic E-state index is 12.3. The van der Waals surface area contributed by atoms with Gasteiger partial charge in [0.25, 0.3) is 5.91 Å². The molecule has 1 aliphatic heterocycles. The molecule has 0 aromatic heterocycles. The monoisotopic (exact) mass is 596 g/mol. The summed E-state index contributed by atoms with van der Waals surface area (Å²) in [6, 6.07) is 3.96. The lowest BCUT2D eigenvalue weighted by Crippen LogP contribution is -2.47. The largest absolute Gasteiger partial charge is 0.354 e. The van der Waals surface area contributed by atoms with Crippen molar-refractivity contribution in [3.8, 4) is 0 Å². The van der Waals surface area contributed by atoms with Crippen molar-refractivity contribution in [2.75, 3.05) is 6.54 Å². The summed E-state index contributed by atoms with van der Waals surface area (Å²) < 4.78 is 3.09. The fourth-order valence-corrected chi connectivity index (χ4v) is 4.24. The molecule has 1 atom stereocenters. The summed E-state index contributed by atoms with van der Waals surface area (Å²) in [5.74, 6) is -0.00846. The molecule has 4 nitrogen and oxygen atoms in total. The van der Waals surface area contributed by atoms with Gasteiger partial charge >= 0.3 is 0 Å². The van der Waals surface area contributed by atoms with Crippen LogP contribution >= 0.6 is 67.8 Å². The molecule has 0 saturated carbocycles. The van der Waals surface area contributed by atoms with Crippen LogP contribution < -0.4 is 10.6 Å². The van der Waals surface area contributed by atoms with Gasteiger partial charge in [0.1, 0.15) is 0 Å². The average molecular weight is 596 g/mol. The zero-order valence-corrected chi connectivity index (χ0v) is 16.3. The van der Waals surface area contributed by atoms with Gasteiger partial charge in [0.05, 0.1) is 5.56 Å². The van der Waals surface area contributed by atoms with E-state index in [1.807, 2.05) is 12.1 Å². The summed E-state index contributed by atoms with van der Waals surface area (Å²) in [6.07, 6.45) is 1.18. The van der Waals surface area contributed by atoms with Gasteiger partial charge in [-0.05, 0) is 86.3 Å². The Morgan fingerprint density at radius 2 is 2.05 bits per heavy atom. The summed E-state index contributed by atoms with van der Waals surface area (Å²) in [7, 11) is 0. The number of amides is 2. The molecule has 1 aromatic rings. The third-order valence-corrected chi connectivity index (χ3v) is 6.51. The van der Waals surface area contributed by atoms with Crippen LogP contribution in [0.5, 0.6) is 0 Å². The van der Waals surface area contributed by atoms with Gasteiger partial charge in [-0.15, -0.1) is 0 Å². The van der Waals surface area contributed by atoms with Gasteiger partial charge in [0.2, 0.25) is 5.91 Å². The summed E-state index contributed by atoms with van der Waals surface area (Å²) in [4.78, 5) is 23.4. The normalized spacial score (nSPS) is 18.9. The number of carbonyl (C=O) groups is 2. The standard InChI is InChI=1S/C12H11I3N2O2/c13-6-3-8(11(15)9(14)4-6)12(19)17-7-1-2-10(18)16-5-7/h3-4,7H,1-2,5H2,(H,16,18)(H,17,19). The third kappa shape index (κ3) is 4.16. The molecule has 7 heteroatoms. The molecule has 1 aliphatic rings. The third-order valence-electron chi connectivity index (χ3n) is 2.84. The van der Waals surface area contributed by atoms with Crippen molar-refractivity contribution in [3.05, 3.63) is 28.4 Å². The Balaban J connectivity index is 2.10. The van der Waals surface area contributed by atoms with Crippen LogP contribution in [0.1, 0.15) is 23.2 Å². The lowest BCUT2D eigenvalue weighted by atomic mass is 10.1. The van der Waals surface area contributed by atoms with Gasteiger partial charge < -0.3 is 10.6 Å². The highest BCUT2D eigenvalue weighted by Crippen LogP contribution is 2.23. The number of hydrogen-bond donors (Lipinski definition) is 2. The van der Waals surface area contributed by atoms with Gasteiger partial charge in [0, 0.05) is 29.7 Å². The topological polar surface area (TPSA) is 58.2 Å². The first-order valence-electron chi connectivity index (χ1n) is 5.69. The molecule has 1 unspecified atom stereocenters. The van der Waals surface area contributed by atoms with Crippen LogP contribution in [0.2, 0.25) is 0 Å². The quantitative estimate of drug-likeness (QED) is 0.408. The van der Waals surface area contributed by atoms with Crippen LogP contribution in [-0.2, 0) is 4.79 Å². The van der Waals surface area contributed by atoms with E-state index in [2.05, 4.69) is 78.4 Å². The first-order chi connectivity index (χ1) is 8.97. The fraction of sp³-hybridized carbons (Fsp3) is 0.333. The van der Waals surface area contributed by atoms with Gasteiger partial charge in [-0.2, -0.15) is 0 Å². The van der Waals surface area contributed by atoms with Crippen LogP contribution in [0, 0.1) is 10.7 Å². The lowest BCUT2D eigenvalue weighted by Gasteiger charge is -2.23. The lowest BCUT2D eigenvalue weighted by molar-refractivity contribution is -0.122. The van der Waals surface area contributed by atoms with Gasteiger partial charge in [0.15, 0.2) is 0 Å². The molecule has 19 heavy (non-hydrogen) atoms. The molecule has 1 saturated heterocycles. The van der Waals surface area contributed by atoms with Crippen molar-refractivity contribution in [3.63, 3.8) is 0 Å². The summed E-state index contributed by atoms with van der Waals surface area (Å²) in [5.41, 5.74) is 0.703. The SMILES string of the molecule is O=C1CCC(NC(=O)c2cc(I)cc(I)c2I)CN1. The number of rotatable bonds is 2. The number of halogens is 3. The van der Waals surface area contributed by atoms with E-state index in [1.54, 1.807) is 0 Å². The Hall–Kier alpha value is 0.350. The Morgan fingerprint density at radius 3 is 2.68 bits per heavy atom. The highest BCUT2D eigenvalue weighted by Gasteiger charge is 2.21. The number of carbonyl (C=O) groups excluding carboxylic acids is 2. The molecule has 2 N–H and O–H groups in total. The average Bonchev–Trinajstić information content (AvgIpc) is 2.36. The molecule has 2 rings (SSSR count). The Bertz CT molecular complexity index is 524. The predicted octanol–water partition coefficient (Wildman–Crippen LogP) is 2.51. The minimum atomic E-state index is -0.0676. The zero-order chi connectivity index (χ0) is 14.0. The highest BCUT2D eigenvalue weighted by molar-refractivity contribution is 14.1. The molecule has 0 aliphatic carbocycles. The number of benzene rings is 1. The van der Waals surface area contributed by atoms with E-state index >= 15 is 0 Å². The second-order valence-electron chi connectivity index (χ2n) is 4.26. The van der Waals surface area contributed by atoms with E-state index in [4.69, 9.17) is 0 Å². The van der Waals surface area contributed by atoms with Crippen LogP contribution in [-0.4, -0.2) is 24.4 Å². The maximum Gasteiger partial charge on any atom is 0.252 e. The van der Waals surface area contributed by atoms with E-state index in [0.29, 0.717) is 24.9 Å². The van der Waals surface area contributed by atoms with E-state index in [0.717, 1.165) is 10.7 Å². The zero-order valence-electron chi connectivity index (χ0n) is 9.80. The molecule has 0 spiro atoms. The van der Waals surface area contributed by atoms with Crippen LogP contribution in [0.25, 0.3) is 0 Å². The Labute approximate surface area is 152 Å². The fourth-order valence-electron chi connectivity index (χ4n) is 1.84. The van der Waals surface area contributed by atoms with Gasteiger partial charge in [-0.25, -0.2) is 0 Å². The molecule has 2 amide bonds. The minimum absolute atomic E-state index is 0.0246. The maximum absolute atomic E-state index is 12.3. The second-order valence-corrected chi connectivity index (χ2v) is 7.75. The van der Waals surface area contributed by atoms with Crippen LogP contribution in [0.4, 0.5) is 0 Å². The Kier molecular flexibility index (Phi) is 5.69. The van der Waals surface area contributed by atoms with Crippen molar-refractivity contribution in [2.24, 2.45) is 0 Å². The molecule has 102 valence electrons. The summed E-state index contributed by atoms with van der Waals surface area (Å²) >= 11 is 6.64. The number of piperidine rings is 1. The molecule has 1 heterocycles. The van der Waals surface area contributed by atoms with Crippen LogP contribution in [0.15, 0.2) is 12.1 Å². The van der Waals surface area contributed by atoms with Crippen molar-refractivity contribution in [1.82, 2.24) is 10.6 Å². The van der Waals surface area contributed by atoms with Gasteiger partial charge in [-0.1, -0.05) is 0 Å². The molecule has 0 radical (unpaired) electrons. The van der Waals surface area contributed by atoms with Crippen molar-refractivity contribution >= 4 is 79.6 Å². The van der Waals surface area contributed by atoms with Crippen LogP contribution in [0.3, 0.4) is 0 Å². The van der Waals surface area contributed by atoms with E-state index in [1.165, 1.54) is 0 Å². The van der Waals surface area contributed by atoms with Gasteiger partial charge in [-0.3, -0.25) is 9.59 Å². The molecule has 1 fully saturated rings. The smallest absolute Gasteiger partial charge is 0.252 e. The minimum Gasteiger partial charge on any atom is -0.354 e. The van der Waals surface area contributed by atoms with E-state index in [9.17, 15) is 9.59 Å². The number of nitrogens with one attached hydrogen (secondary N) is 2. The van der Waals surface area contributed by atoms with E-state index < -0.39 is 0 Å². The highest BCUT2D eigenvalue weighted by atomic mass is 127. The Morgan fingerprint density at radius 1 is 1.32 bits per heavy atom. The molecule has 0 bridgehead atoms. The van der Waals surface area contributed by atoms with E-state index in [-0.39, 0.29) is 17.9 Å². The second kappa shape index (κ2) is 6.87. The summed E-state index contributed by atoms with van der Waals surface area (Å²) in [6.45, 7) is 0.516. The molecule has 1 aromatic carbocycles. The first-order valence-corrected chi connectivity index (χ1v) is 8.93. The summed E-state index contributed by atoms with van der Waals surface area (Å²) in [5, 5.41) is 5.75. The number of hydrogen-bond acceptors (Lipinski definition) is 2. The first kappa shape index (κ1) is 15.7. The van der Waals surface area contributed by atoms with Crippen molar-refractivity contribution < 1.29 is 9.59 Å². The predicted molar refractivity (Wildman–Crippen MR) is 98.1 cm³/mol.